The van der Waals surface area contributed by atoms with Crippen molar-refractivity contribution < 1.29 is 9.59 Å². The molecule has 2 aromatic heterocycles. The quantitative estimate of drug-likeness (QED) is 0.348. The maximum atomic E-state index is 12.2. The van der Waals surface area contributed by atoms with E-state index in [0.29, 0.717) is 23.1 Å². The molecule has 0 fully saturated rings. The van der Waals surface area contributed by atoms with Gasteiger partial charge in [-0.2, -0.15) is 0 Å². The Morgan fingerprint density at radius 2 is 1.88 bits per heavy atom. The largest absolute Gasteiger partial charge is 0.351 e. The summed E-state index contributed by atoms with van der Waals surface area (Å²) in [5, 5.41) is 17.5. The normalized spacial score (nSPS) is 10.9. The van der Waals surface area contributed by atoms with Gasteiger partial charge in [0.25, 0.3) is 0 Å². The van der Waals surface area contributed by atoms with Crippen LogP contribution < -0.4 is 10.6 Å². The standard InChI is InChI=1S/C20H19N7O2S3/c1-27-19(24-25-26-27)30-12-18(29)22-14-7-8-15-16(9-14)32-20(23-15)31-11-17(28)21-10-13-5-3-2-4-6-13/h2-9H,10-12H2,1H3,(H,21,28)(H,22,29). The molecule has 4 rings (SSSR count). The van der Waals surface area contributed by atoms with E-state index >= 15 is 0 Å². The summed E-state index contributed by atoms with van der Waals surface area (Å²) in [6.07, 6.45) is 0. The monoisotopic (exact) mass is 485 g/mol. The van der Waals surface area contributed by atoms with E-state index < -0.39 is 0 Å². The molecule has 0 saturated carbocycles. The number of hydrogen-bond acceptors (Lipinski definition) is 9. The number of thiazole rings is 1. The van der Waals surface area contributed by atoms with E-state index in [0.717, 1.165) is 20.1 Å². The lowest BCUT2D eigenvalue weighted by Gasteiger charge is -2.04. The minimum Gasteiger partial charge on any atom is -0.351 e. The number of aromatic nitrogens is 5. The van der Waals surface area contributed by atoms with E-state index in [1.54, 1.807) is 7.05 Å². The van der Waals surface area contributed by atoms with Gasteiger partial charge in [-0.25, -0.2) is 9.67 Å². The van der Waals surface area contributed by atoms with Gasteiger partial charge in [0.1, 0.15) is 0 Å². The minimum atomic E-state index is -0.147. The average Bonchev–Trinajstić information content (AvgIpc) is 3.40. The molecular weight excluding hydrogens is 466 g/mol. The van der Waals surface area contributed by atoms with Crippen molar-refractivity contribution in [3.8, 4) is 0 Å². The molecule has 2 aromatic carbocycles. The third-order valence-electron chi connectivity index (χ3n) is 4.23. The molecule has 4 aromatic rings. The molecule has 12 heteroatoms. The van der Waals surface area contributed by atoms with Crippen LogP contribution >= 0.6 is 34.9 Å². The number of thioether (sulfide) groups is 2. The first-order valence-electron chi connectivity index (χ1n) is 9.56. The number of benzene rings is 2. The van der Waals surface area contributed by atoms with Crippen molar-refractivity contribution in [1.82, 2.24) is 30.5 Å². The number of carbonyl (C=O) groups is 2. The molecule has 9 nitrogen and oxygen atoms in total. The average molecular weight is 486 g/mol. The van der Waals surface area contributed by atoms with E-state index in [9.17, 15) is 9.59 Å². The highest BCUT2D eigenvalue weighted by Crippen LogP contribution is 2.31. The molecule has 2 N–H and O–H groups in total. The molecule has 0 bridgehead atoms. The molecule has 0 saturated heterocycles. The number of nitrogens with one attached hydrogen (secondary N) is 2. The molecule has 2 heterocycles. The highest BCUT2D eigenvalue weighted by molar-refractivity contribution is 8.01. The van der Waals surface area contributed by atoms with Crippen LogP contribution in [0.4, 0.5) is 5.69 Å². The van der Waals surface area contributed by atoms with Gasteiger partial charge in [-0.15, -0.1) is 16.4 Å². The highest BCUT2D eigenvalue weighted by Gasteiger charge is 2.11. The maximum absolute atomic E-state index is 12.2. The van der Waals surface area contributed by atoms with Crippen molar-refractivity contribution in [2.24, 2.45) is 7.05 Å². The van der Waals surface area contributed by atoms with Gasteiger partial charge in [0.15, 0.2) is 4.34 Å². The van der Waals surface area contributed by atoms with E-state index in [1.165, 1.54) is 39.5 Å². The fraction of sp³-hybridized carbons (Fsp3) is 0.200. The second kappa shape index (κ2) is 10.6. The summed E-state index contributed by atoms with van der Waals surface area (Å²) in [6.45, 7) is 0.509. The molecule has 0 atom stereocenters. The third-order valence-corrected chi connectivity index (χ3v) is 7.40. The summed E-state index contributed by atoms with van der Waals surface area (Å²) < 4.78 is 3.27. The summed E-state index contributed by atoms with van der Waals surface area (Å²) in [6, 6.07) is 15.4. The van der Waals surface area contributed by atoms with Crippen LogP contribution in [-0.4, -0.2) is 48.5 Å². The topological polar surface area (TPSA) is 115 Å². The number of amides is 2. The van der Waals surface area contributed by atoms with Gasteiger partial charge < -0.3 is 10.6 Å². The lowest BCUT2D eigenvalue weighted by atomic mass is 10.2. The van der Waals surface area contributed by atoms with Crippen molar-refractivity contribution in [1.29, 1.82) is 0 Å². The van der Waals surface area contributed by atoms with E-state index in [4.69, 9.17) is 0 Å². The number of carbonyl (C=O) groups excluding carboxylic acids is 2. The summed E-state index contributed by atoms with van der Waals surface area (Å²) in [4.78, 5) is 28.9. The molecular formula is C20H19N7O2S3. The van der Waals surface area contributed by atoms with Crippen molar-refractivity contribution in [2.45, 2.75) is 16.0 Å². The number of aryl methyl sites for hydroxylation is 1. The lowest BCUT2D eigenvalue weighted by Crippen LogP contribution is -2.24. The van der Waals surface area contributed by atoms with E-state index in [-0.39, 0.29) is 17.6 Å². The van der Waals surface area contributed by atoms with Crippen LogP contribution in [0.1, 0.15) is 5.56 Å². The van der Waals surface area contributed by atoms with Crippen LogP contribution in [0.5, 0.6) is 0 Å². The van der Waals surface area contributed by atoms with Gasteiger partial charge in [-0.3, -0.25) is 9.59 Å². The Labute approximate surface area is 196 Å². The fourth-order valence-corrected chi connectivity index (χ4v) is 5.28. The highest BCUT2D eigenvalue weighted by atomic mass is 32.2. The molecule has 2 amide bonds. The zero-order chi connectivity index (χ0) is 22.3. The Kier molecular flexibility index (Phi) is 7.35. The molecule has 0 aliphatic rings. The molecule has 0 aliphatic carbocycles. The van der Waals surface area contributed by atoms with Crippen molar-refractivity contribution >= 4 is 62.6 Å². The smallest absolute Gasteiger partial charge is 0.234 e. The SMILES string of the molecule is Cn1nnnc1SCC(=O)Nc1ccc2nc(SCC(=O)NCc3ccccc3)sc2c1. The van der Waals surface area contributed by atoms with Crippen LogP contribution in [-0.2, 0) is 23.2 Å². The summed E-state index contributed by atoms with van der Waals surface area (Å²) >= 11 is 4.16. The number of tetrazole rings is 1. The lowest BCUT2D eigenvalue weighted by molar-refractivity contribution is -0.118. The van der Waals surface area contributed by atoms with Crippen LogP contribution in [0, 0.1) is 0 Å². The Hall–Kier alpha value is -2.96. The Balaban J connectivity index is 1.28. The van der Waals surface area contributed by atoms with Crippen LogP contribution in [0.25, 0.3) is 10.2 Å². The number of rotatable bonds is 9. The summed E-state index contributed by atoms with van der Waals surface area (Å²) in [5.74, 6) is 0.312. The minimum absolute atomic E-state index is 0.0401. The zero-order valence-electron chi connectivity index (χ0n) is 17.0. The molecule has 164 valence electrons. The van der Waals surface area contributed by atoms with Crippen LogP contribution in [0.15, 0.2) is 58.0 Å². The second-order valence-electron chi connectivity index (χ2n) is 6.64. The zero-order valence-corrected chi connectivity index (χ0v) is 19.5. The summed E-state index contributed by atoms with van der Waals surface area (Å²) in [5.41, 5.74) is 2.59. The molecule has 0 spiro atoms. The van der Waals surface area contributed by atoms with Crippen LogP contribution in [0.3, 0.4) is 0 Å². The van der Waals surface area contributed by atoms with Crippen molar-refractivity contribution in [2.75, 3.05) is 16.8 Å². The van der Waals surface area contributed by atoms with Gasteiger partial charge in [-0.05, 0) is 34.2 Å². The number of fused-ring (bicyclic) bond motifs is 1. The fourth-order valence-electron chi connectivity index (χ4n) is 2.69. The summed E-state index contributed by atoms with van der Waals surface area (Å²) in [7, 11) is 1.72. The molecule has 0 aliphatic heterocycles. The Bertz CT molecular complexity index is 1230. The predicted molar refractivity (Wildman–Crippen MR) is 127 cm³/mol. The predicted octanol–water partition coefficient (Wildman–Crippen LogP) is 2.96. The van der Waals surface area contributed by atoms with Crippen molar-refractivity contribution in [3.63, 3.8) is 0 Å². The first kappa shape index (κ1) is 22.2. The van der Waals surface area contributed by atoms with Gasteiger partial charge in [0.2, 0.25) is 17.0 Å². The second-order valence-corrected chi connectivity index (χ2v) is 9.83. The first-order chi connectivity index (χ1) is 15.6. The van der Waals surface area contributed by atoms with Crippen molar-refractivity contribution in [3.05, 3.63) is 54.1 Å². The Morgan fingerprint density at radius 3 is 2.66 bits per heavy atom. The van der Waals surface area contributed by atoms with Gasteiger partial charge in [-0.1, -0.05) is 53.9 Å². The molecule has 0 radical (unpaired) electrons. The van der Waals surface area contributed by atoms with E-state index in [2.05, 4.69) is 31.1 Å². The number of nitrogens with zero attached hydrogens (tertiary/aromatic N) is 5. The van der Waals surface area contributed by atoms with Gasteiger partial charge in [0.05, 0.1) is 21.7 Å². The number of anilines is 1. The first-order valence-corrected chi connectivity index (χ1v) is 12.3. The van der Waals surface area contributed by atoms with E-state index in [1.807, 2.05) is 48.5 Å². The molecule has 0 unspecified atom stereocenters. The number of hydrogen-bond donors (Lipinski definition) is 2. The van der Waals surface area contributed by atoms with Gasteiger partial charge in [0, 0.05) is 19.3 Å². The third kappa shape index (κ3) is 6.05. The maximum Gasteiger partial charge on any atom is 0.234 e. The molecule has 32 heavy (non-hydrogen) atoms. The van der Waals surface area contributed by atoms with Crippen LogP contribution in [0.2, 0.25) is 0 Å². The Morgan fingerprint density at radius 1 is 1.06 bits per heavy atom. The van der Waals surface area contributed by atoms with Gasteiger partial charge >= 0.3 is 0 Å².